The van der Waals surface area contributed by atoms with Gasteiger partial charge in [-0.25, -0.2) is 14.4 Å². The van der Waals surface area contributed by atoms with Gasteiger partial charge >= 0.3 is 0 Å². The summed E-state index contributed by atoms with van der Waals surface area (Å²) in [7, 11) is 0. The quantitative estimate of drug-likeness (QED) is 0.325. The maximum Gasteiger partial charge on any atom is 0.230 e. The van der Waals surface area contributed by atoms with Crippen molar-refractivity contribution in [3.63, 3.8) is 0 Å². The number of piperazine rings is 1. The van der Waals surface area contributed by atoms with Crippen LogP contribution in [0, 0.1) is 5.82 Å². The molecule has 3 aromatic rings. The zero-order chi connectivity index (χ0) is 20.9. The van der Waals surface area contributed by atoms with Gasteiger partial charge in [0, 0.05) is 37.4 Å². The van der Waals surface area contributed by atoms with Crippen molar-refractivity contribution in [1.29, 1.82) is 0 Å². The molecular weight excluding hydrogens is 421 g/mol. The number of aromatic nitrogens is 2. The number of hydrogen-bond acceptors (Lipinski definition) is 7. The first-order valence-electron chi connectivity index (χ1n) is 10.3. The summed E-state index contributed by atoms with van der Waals surface area (Å²) in [6.07, 6.45) is 2.40. The molecule has 0 bridgehead atoms. The van der Waals surface area contributed by atoms with Crippen molar-refractivity contribution in [3.8, 4) is 0 Å². The summed E-state index contributed by atoms with van der Waals surface area (Å²) in [5, 5.41) is 4.26. The molecule has 2 aromatic heterocycles. The SMILES string of the molecule is CCN1CCN(CCCNC(=O)CSc2ncnc3c2sc2cccc(F)c23)CC1. The lowest BCUT2D eigenvalue weighted by molar-refractivity contribution is -0.118. The molecule has 1 N–H and O–H groups in total. The number of carbonyl (C=O) groups excluding carboxylic acids is 1. The number of likely N-dealkylation sites (N-methyl/N-ethyl adjacent to an activating group) is 1. The molecule has 1 fully saturated rings. The minimum absolute atomic E-state index is 0.00476. The lowest BCUT2D eigenvalue weighted by Gasteiger charge is -2.33. The van der Waals surface area contributed by atoms with Crippen LogP contribution in [0.5, 0.6) is 0 Å². The summed E-state index contributed by atoms with van der Waals surface area (Å²) < 4.78 is 15.9. The highest BCUT2D eigenvalue weighted by molar-refractivity contribution is 8.00. The normalized spacial score (nSPS) is 15.8. The Morgan fingerprint density at radius 3 is 2.83 bits per heavy atom. The Kier molecular flexibility index (Phi) is 7.14. The second-order valence-electron chi connectivity index (χ2n) is 7.34. The monoisotopic (exact) mass is 447 g/mol. The zero-order valence-corrected chi connectivity index (χ0v) is 18.7. The molecule has 0 atom stereocenters. The molecule has 0 unspecified atom stereocenters. The number of nitrogens with zero attached hydrogens (tertiary/aromatic N) is 4. The molecule has 0 saturated carbocycles. The van der Waals surface area contributed by atoms with E-state index in [2.05, 4.69) is 32.0 Å². The van der Waals surface area contributed by atoms with Gasteiger partial charge < -0.3 is 15.1 Å². The number of nitrogens with one attached hydrogen (secondary N) is 1. The van der Waals surface area contributed by atoms with E-state index in [1.807, 2.05) is 6.07 Å². The number of rotatable bonds is 8. The highest BCUT2D eigenvalue weighted by Gasteiger charge is 2.16. The van der Waals surface area contributed by atoms with Gasteiger partial charge in [0.05, 0.1) is 21.4 Å². The van der Waals surface area contributed by atoms with Gasteiger partial charge in [-0.15, -0.1) is 11.3 Å². The molecular formula is C21H26FN5OS2. The summed E-state index contributed by atoms with van der Waals surface area (Å²) in [6, 6.07) is 5.03. The summed E-state index contributed by atoms with van der Waals surface area (Å²) >= 11 is 2.84. The average molecular weight is 448 g/mol. The van der Waals surface area contributed by atoms with Crippen LogP contribution in [-0.4, -0.2) is 77.2 Å². The van der Waals surface area contributed by atoms with Crippen LogP contribution in [0.1, 0.15) is 13.3 Å². The van der Waals surface area contributed by atoms with Gasteiger partial charge in [0.25, 0.3) is 0 Å². The van der Waals surface area contributed by atoms with Crippen molar-refractivity contribution < 1.29 is 9.18 Å². The van der Waals surface area contributed by atoms with Crippen LogP contribution in [0.15, 0.2) is 29.6 Å². The van der Waals surface area contributed by atoms with E-state index in [1.165, 1.54) is 35.5 Å². The molecule has 0 spiro atoms. The van der Waals surface area contributed by atoms with E-state index in [0.29, 0.717) is 17.4 Å². The Hall–Kier alpha value is -1.81. The fraction of sp³-hybridized carbons (Fsp3) is 0.476. The van der Waals surface area contributed by atoms with Gasteiger partial charge in [-0.05, 0) is 31.6 Å². The number of fused-ring (bicyclic) bond motifs is 3. The van der Waals surface area contributed by atoms with Gasteiger partial charge in [-0.2, -0.15) is 0 Å². The van der Waals surface area contributed by atoms with Crippen LogP contribution in [0.3, 0.4) is 0 Å². The minimum atomic E-state index is -0.276. The average Bonchev–Trinajstić information content (AvgIpc) is 3.16. The van der Waals surface area contributed by atoms with Gasteiger partial charge in [0.2, 0.25) is 5.91 Å². The second-order valence-corrected chi connectivity index (χ2v) is 9.36. The second kappa shape index (κ2) is 10.00. The predicted octanol–water partition coefficient (Wildman–Crippen LogP) is 3.22. The fourth-order valence-corrected chi connectivity index (χ4v) is 5.78. The lowest BCUT2D eigenvalue weighted by atomic mass is 10.2. The van der Waals surface area contributed by atoms with Crippen molar-refractivity contribution in [2.45, 2.75) is 18.4 Å². The first-order valence-corrected chi connectivity index (χ1v) is 12.1. The van der Waals surface area contributed by atoms with Crippen LogP contribution < -0.4 is 5.32 Å². The van der Waals surface area contributed by atoms with E-state index >= 15 is 0 Å². The van der Waals surface area contributed by atoms with Crippen LogP contribution in [0.25, 0.3) is 20.3 Å². The Bertz CT molecular complexity index is 1020. The van der Waals surface area contributed by atoms with E-state index in [1.54, 1.807) is 6.07 Å². The molecule has 0 radical (unpaired) electrons. The third-order valence-corrected chi connectivity index (χ3v) is 7.69. The molecule has 6 nitrogen and oxygen atoms in total. The molecule has 9 heteroatoms. The third-order valence-electron chi connectivity index (χ3n) is 5.42. The van der Waals surface area contributed by atoms with Crippen LogP contribution in [0.2, 0.25) is 0 Å². The van der Waals surface area contributed by atoms with Crippen molar-refractivity contribution in [3.05, 3.63) is 30.3 Å². The minimum Gasteiger partial charge on any atom is -0.355 e. The van der Waals surface area contributed by atoms with Gasteiger partial charge in [-0.1, -0.05) is 24.8 Å². The molecule has 1 aliphatic rings. The van der Waals surface area contributed by atoms with E-state index in [4.69, 9.17) is 0 Å². The highest BCUT2D eigenvalue weighted by Crippen LogP contribution is 2.38. The molecule has 3 heterocycles. The lowest BCUT2D eigenvalue weighted by Crippen LogP contribution is -2.46. The van der Waals surface area contributed by atoms with Crippen molar-refractivity contribution >= 4 is 49.3 Å². The number of amides is 1. The van der Waals surface area contributed by atoms with E-state index in [0.717, 1.165) is 60.1 Å². The number of carbonyl (C=O) groups is 1. The van der Waals surface area contributed by atoms with Crippen LogP contribution >= 0.6 is 23.1 Å². The Labute approximate surface area is 183 Å². The molecule has 1 aliphatic heterocycles. The van der Waals surface area contributed by atoms with Gasteiger partial charge in [0.1, 0.15) is 17.2 Å². The molecule has 30 heavy (non-hydrogen) atoms. The van der Waals surface area contributed by atoms with E-state index in [-0.39, 0.29) is 17.5 Å². The Balaban J connectivity index is 1.26. The van der Waals surface area contributed by atoms with Crippen LogP contribution in [0.4, 0.5) is 4.39 Å². The highest BCUT2D eigenvalue weighted by atomic mass is 32.2. The van der Waals surface area contributed by atoms with E-state index < -0.39 is 0 Å². The third kappa shape index (κ3) is 4.91. The number of hydrogen-bond donors (Lipinski definition) is 1. The first-order chi connectivity index (χ1) is 14.7. The molecule has 0 aliphatic carbocycles. The maximum absolute atomic E-state index is 14.2. The van der Waals surface area contributed by atoms with Crippen molar-refractivity contribution in [2.75, 3.05) is 51.6 Å². The topological polar surface area (TPSA) is 61.4 Å². The molecule has 160 valence electrons. The molecule has 1 aromatic carbocycles. The largest absolute Gasteiger partial charge is 0.355 e. The van der Waals surface area contributed by atoms with Crippen molar-refractivity contribution in [2.24, 2.45) is 0 Å². The number of halogens is 1. The maximum atomic E-state index is 14.2. The summed E-state index contributed by atoms with van der Waals surface area (Å²) in [4.78, 5) is 25.8. The number of benzene rings is 1. The van der Waals surface area contributed by atoms with E-state index in [9.17, 15) is 9.18 Å². The Morgan fingerprint density at radius 1 is 1.23 bits per heavy atom. The molecule has 1 amide bonds. The number of thioether (sulfide) groups is 1. The first kappa shape index (κ1) is 21.4. The predicted molar refractivity (Wildman–Crippen MR) is 122 cm³/mol. The summed E-state index contributed by atoms with van der Waals surface area (Å²) in [5.41, 5.74) is 0.620. The van der Waals surface area contributed by atoms with Crippen LogP contribution in [-0.2, 0) is 4.79 Å². The summed E-state index contributed by atoms with van der Waals surface area (Å²) in [6.45, 7) is 9.51. The standard InChI is InChI=1S/C21H26FN5OS2/c1-2-26-9-11-27(12-10-26)8-4-7-23-17(28)13-29-21-20-19(24-14-25-21)18-15(22)5-3-6-16(18)30-20/h3,5-6,14H,2,4,7-13H2,1H3,(H,23,28). The number of thiophene rings is 1. The fourth-order valence-electron chi connectivity index (χ4n) is 3.70. The van der Waals surface area contributed by atoms with Gasteiger partial charge in [-0.3, -0.25) is 4.79 Å². The van der Waals surface area contributed by atoms with Gasteiger partial charge in [0.15, 0.2) is 0 Å². The Morgan fingerprint density at radius 2 is 2.03 bits per heavy atom. The molecule has 4 rings (SSSR count). The summed E-state index contributed by atoms with van der Waals surface area (Å²) in [5.74, 6) is 0.00924. The van der Waals surface area contributed by atoms with Crippen molar-refractivity contribution in [1.82, 2.24) is 25.1 Å². The zero-order valence-electron chi connectivity index (χ0n) is 17.1. The molecule has 1 saturated heterocycles. The smallest absolute Gasteiger partial charge is 0.230 e.